The van der Waals surface area contributed by atoms with Crippen molar-refractivity contribution in [2.75, 3.05) is 17.9 Å². The van der Waals surface area contributed by atoms with Gasteiger partial charge in [-0.25, -0.2) is 13.2 Å². The first-order chi connectivity index (χ1) is 17.2. The summed E-state index contributed by atoms with van der Waals surface area (Å²) in [5.74, 6) is -2.91. The number of carboxylic acid groups (broad SMARTS) is 1. The quantitative estimate of drug-likeness (QED) is 0.287. The summed E-state index contributed by atoms with van der Waals surface area (Å²) in [5, 5.41) is 28.3. The van der Waals surface area contributed by atoms with E-state index in [1.165, 1.54) is 12.5 Å². The van der Waals surface area contributed by atoms with Crippen LogP contribution in [0.3, 0.4) is 0 Å². The van der Waals surface area contributed by atoms with E-state index < -0.39 is 51.9 Å². The Hall–Kier alpha value is -1.98. The molecule has 0 bridgehead atoms. The molecule has 4 N–H and O–H groups in total. The highest BCUT2D eigenvalue weighted by Gasteiger charge is 2.57. The number of aliphatic carboxylic acids is 1. The number of hydrogen-bond donors (Lipinski definition) is 4. The maximum absolute atomic E-state index is 13.4. The van der Waals surface area contributed by atoms with Crippen molar-refractivity contribution in [3.8, 4) is 0 Å². The van der Waals surface area contributed by atoms with Crippen LogP contribution in [0.2, 0.25) is 0 Å². The van der Waals surface area contributed by atoms with Crippen molar-refractivity contribution in [1.29, 1.82) is 0 Å². The number of ether oxygens (including phenoxy) is 2. The molecule has 0 saturated carbocycles. The Kier molecular flexibility index (Phi) is 9.56. The Labute approximate surface area is 213 Å². The van der Waals surface area contributed by atoms with Crippen molar-refractivity contribution >= 4 is 21.7 Å². The lowest BCUT2D eigenvalue weighted by Crippen LogP contribution is -2.46. The smallest absolute Gasteiger partial charge is 0.332 e. The summed E-state index contributed by atoms with van der Waals surface area (Å²) in [6, 6.07) is 7.19. The molecule has 0 radical (unpaired) electrons. The molecular weight excluding hydrogens is 486 g/mol. The normalized spacial score (nSPS) is 28.3. The predicted octanol–water partition coefficient (Wildman–Crippen LogP) is 3.36. The van der Waals surface area contributed by atoms with Gasteiger partial charge in [0.25, 0.3) is 0 Å². The number of aryl methyl sites for hydroxylation is 1. The SMILES string of the molecule is CCCCCCCc1ccccc1NS(=O)(=O)C1CCC2(C=C1C(=O)O)OC(CO)C(CC)(CO)O2. The van der Waals surface area contributed by atoms with E-state index in [9.17, 15) is 28.5 Å². The monoisotopic (exact) mass is 525 g/mol. The number of para-hydroxylation sites is 1. The topological polar surface area (TPSA) is 142 Å². The average Bonchev–Trinajstić information content (AvgIpc) is 3.17. The molecule has 1 saturated heterocycles. The summed E-state index contributed by atoms with van der Waals surface area (Å²) in [4.78, 5) is 12.2. The highest BCUT2D eigenvalue weighted by molar-refractivity contribution is 7.93. The molecule has 202 valence electrons. The second kappa shape index (κ2) is 12.0. The number of nitrogens with one attached hydrogen (secondary N) is 1. The van der Waals surface area contributed by atoms with E-state index in [-0.39, 0.29) is 18.4 Å². The fourth-order valence-electron chi connectivity index (χ4n) is 5.10. The first-order valence-corrected chi connectivity index (χ1v) is 14.4. The summed E-state index contributed by atoms with van der Waals surface area (Å²) in [6.07, 6.45) is 6.84. The Bertz CT molecular complexity index is 1040. The van der Waals surface area contributed by atoms with Gasteiger partial charge >= 0.3 is 5.97 Å². The van der Waals surface area contributed by atoms with E-state index >= 15 is 0 Å². The van der Waals surface area contributed by atoms with Crippen LogP contribution >= 0.6 is 0 Å². The first-order valence-electron chi connectivity index (χ1n) is 12.8. The van der Waals surface area contributed by atoms with Gasteiger partial charge in [-0.3, -0.25) is 4.72 Å². The number of unbranched alkanes of at least 4 members (excludes halogenated alkanes) is 4. The number of sulfonamides is 1. The van der Waals surface area contributed by atoms with Gasteiger partial charge in [0, 0.05) is 6.42 Å². The van der Waals surface area contributed by atoms with Crippen LogP contribution in [0, 0.1) is 0 Å². The summed E-state index contributed by atoms with van der Waals surface area (Å²) in [7, 11) is -4.11. The van der Waals surface area contributed by atoms with Gasteiger partial charge in [-0.15, -0.1) is 0 Å². The first kappa shape index (κ1) is 28.6. The number of aliphatic hydroxyl groups excluding tert-OH is 2. The number of benzene rings is 1. The number of hydrogen-bond acceptors (Lipinski definition) is 7. The van der Waals surface area contributed by atoms with Crippen molar-refractivity contribution in [2.24, 2.45) is 0 Å². The van der Waals surface area contributed by atoms with Gasteiger partial charge in [0.05, 0.1) is 24.5 Å². The Morgan fingerprint density at radius 1 is 1.14 bits per heavy atom. The average molecular weight is 526 g/mol. The van der Waals surface area contributed by atoms with Gasteiger partial charge in [-0.1, -0.05) is 57.7 Å². The maximum atomic E-state index is 13.4. The van der Waals surface area contributed by atoms with Gasteiger partial charge in [0.1, 0.15) is 17.0 Å². The van der Waals surface area contributed by atoms with Gasteiger partial charge in [-0.05, 0) is 43.4 Å². The minimum Gasteiger partial charge on any atom is -0.478 e. The highest BCUT2D eigenvalue weighted by Crippen LogP contribution is 2.46. The number of rotatable bonds is 13. The van der Waals surface area contributed by atoms with Crippen molar-refractivity contribution < 1.29 is 38.0 Å². The molecule has 1 spiro atoms. The number of aliphatic hydroxyl groups is 2. The van der Waals surface area contributed by atoms with E-state index in [1.807, 2.05) is 12.1 Å². The second-order valence-corrected chi connectivity index (χ2v) is 11.5. The van der Waals surface area contributed by atoms with E-state index in [4.69, 9.17) is 9.47 Å². The molecule has 2 aliphatic rings. The van der Waals surface area contributed by atoms with Crippen molar-refractivity contribution in [1.82, 2.24) is 0 Å². The van der Waals surface area contributed by atoms with Crippen LogP contribution in [0.15, 0.2) is 35.9 Å². The van der Waals surface area contributed by atoms with Crippen LogP contribution in [-0.2, 0) is 30.7 Å². The van der Waals surface area contributed by atoms with E-state index in [2.05, 4.69) is 11.6 Å². The highest BCUT2D eigenvalue weighted by atomic mass is 32.2. The number of carbonyl (C=O) groups is 1. The summed E-state index contributed by atoms with van der Waals surface area (Å²) < 4.78 is 41.4. The molecular formula is C26H39NO8S. The lowest BCUT2D eigenvalue weighted by atomic mass is 9.93. The molecule has 10 heteroatoms. The molecule has 0 aromatic heterocycles. The standard InChI is InChI=1S/C26H39NO8S/c1-3-5-6-7-8-11-19-12-9-10-13-21(19)27-36(32,33)22-14-15-26(16-20(22)24(30)31)34-23(17-28)25(4-2,18-29)35-26/h9-10,12-13,16,22-23,27-29H,3-8,11,14-15,17-18H2,1-2H3,(H,30,31). The van der Waals surface area contributed by atoms with Crippen molar-refractivity contribution in [3.63, 3.8) is 0 Å². The maximum Gasteiger partial charge on any atom is 0.332 e. The fraction of sp³-hybridized carbons (Fsp3) is 0.654. The van der Waals surface area contributed by atoms with Crippen LogP contribution in [0.4, 0.5) is 5.69 Å². The second-order valence-electron chi connectivity index (χ2n) is 9.68. The molecule has 1 aromatic rings. The molecule has 4 unspecified atom stereocenters. The third-order valence-corrected chi connectivity index (χ3v) is 9.00. The minimum absolute atomic E-state index is 0.0595. The van der Waals surface area contributed by atoms with E-state index in [0.29, 0.717) is 12.1 Å². The van der Waals surface area contributed by atoms with Gasteiger partial charge in [0.2, 0.25) is 10.0 Å². The van der Waals surface area contributed by atoms with Crippen LogP contribution in [-0.4, -0.2) is 65.7 Å². The third-order valence-electron chi connectivity index (χ3n) is 7.25. The molecule has 3 rings (SSSR count). The number of carboxylic acids is 1. The predicted molar refractivity (Wildman–Crippen MR) is 136 cm³/mol. The fourth-order valence-corrected chi connectivity index (χ4v) is 6.68. The molecule has 36 heavy (non-hydrogen) atoms. The van der Waals surface area contributed by atoms with Gasteiger partial charge < -0.3 is 24.8 Å². The summed E-state index contributed by atoms with van der Waals surface area (Å²) in [5.41, 5.74) is -0.228. The lowest BCUT2D eigenvalue weighted by Gasteiger charge is -2.34. The molecule has 0 amide bonds. The van der Waals surface area contributed by atoms with Gasteiger partial charge in [0.15, 0.2) is 5.79 Å². The molecule has 1 fully saturated rings. The molecule has 1 heterocycles. The van der Waals surface area contributed by atoms with Crippen molar-refractivity contribution in [2.45, 2.75) is 94.4 Å². The molecule has 4 atom stereocenters. The molecule has 1 aromatic carbocycles. The zero-order valence-electron chi connectivity index (χ0n) is 21.1. The van der Waals surface area contributed by atoms with Crippen LogP contribution < -0.4 is 4.72 Å². The van der Waals surface area contributed by atoms with Gasteiger partial charge in [-0.2, -0.15) is 0 Å². The summed E-state index contributed by atoms with van der Waals surface area (Å²) >= 11 is 0. The van der Waals surface area contributed by atoms with E-state index in [1.54, 1.807) is 19.1 Å². The Balaban J connectivity index is 1.83. The number of anilines is 1. The zero-order valence-corrected chi connectivity index (χ0v) is 21.9. The minimum atomic E-state index is -4.11. The van der Waals surface area contributed by atoms with Crippen molar-refractivity contribution in [3.05, 3.63) is 41.5 Å². The molecule has 9 nitrogen and oxygen atoms in total. The third kappa shape index (κ3) is 6.11. The largest absolute Gasteiger partial charge is 0.478 e. The lowest BCUT2D eigenvalue weighted by molar-refractivity contribution is -0.171. The summed E-state index contributed by atoms with van der Waals surface area (Å²) in [6.45, 7) is 3.07. The van der Waals surface area contributed by atoms with Crippen LogP contribution in [0.25, 0.3) is 0 Å². The van der Waals surface area contributed by atoms with Crippen LogP contribution in [0.1, 0.15) is 70.8 Å². The van der Waals surface area contributed by atoms with E-state index in [0.717, 1.165) is 37.7 Å². The molecule has 1 aliphatic heterocycles. The Morgan fingerprint density at radius 2 is 1.86 bits per heavy atom. The molecule has 1 aliphatic carbocycles. The Morgan fingerprint density at radius 3 is 2.47 bits per heavy atom. The van der Waals surface area contributed by atoms with Crippen LogP contribution in [0.5, 0.6) is 0 Å². The zero-order chi connectivity index (χ0) is 26.4.